The van der Waals surface area contributed by atoms with Crippen molar-refractivity contribution in [3.63, 3.8) is 0 Å². The molecular weight excluding hydrogens is 599 g/mol. The summed E-state index contributed by atoms with van der Waals surface area (Å²) in [7, 11) is 0. The predicted octanol–water partition coefficient (Wildman–Crippen LogP) is 5.63. The average molecular weight is 632 g/mol. The van der Waals surface area contributed by atoms with Crippen molar-refractivity contribution in [2.45, 2.75) is 49.3 Å². The molecule has 0 aliphatic carbocycles. The van der Waals surface area contributed by atoms with Crippen LogP contribution in [0.4, 0.5) is 23.7 Å². The summed E-state index contributed by atoms with van der Waals surface area (Å²) in [5, 5.41) is 18.3. The number of anilines is 1. The third-order valence-corrected chi connectivity index (χ3v) is 8.35. The van der Waals surface area contributed by atoms with Gasteiger partial charge in [-0.1, -0.05) is 29.8 Å². The van der Waals surface area contributed by atoms with E-state index in [2.05, 4.69) is 16.0 Å². The van der Waals surface area contributed by atoms with Gasteiger partial charge in [-0.3, -0.25) is 4.79 Å². The fourth-order valence-electron chi connectivity index (χ4n) is 5.98. The summed E-state index contributed by atoms with van der Waals surface area (Å²) in [4.78, 5) is 25.7. The topological polar surface area (TPSA) is 109 Å². The number of carbonyl (C=O) groups is 2. The molecule has 0 unspecified atom stereocenters. The lowest BCUT2D eigenvalue weighted by atomic mass is 9.84. The van der Waals surface area contributed by atoms with Gasteiger partial charge in [0.2, 0.25) is 5.91 Å². The average Bonchev–Trinajstić information content (AvgIpc) is 2.97. The number of ether oxygens (including phenoxy) is 2. The van der Waals surface area contributed by atoms with Crippen LogP contribution in [0, 0.1) is 17.5 Å². The lowest BCUT2D eigenvalue weighted by Gasteiger charge is -2.44. The summed E-state index contributed by atoms with van der Waals surface area (Å²) in [6.07, 6.45) is 0.493. The lowest BCUT2D eigenvalue weighted by molar-refractivity contribution is -0.160. The number of morpholine rings is 1. The normalized spacial score (nSPS) is 19.2. The van der Waals surface area contributed by atoms with Gasteiger partial charge in [0, 0.05) is 67.4 Å². The Bertz CT molecular complexity index is 1460. The highest BCUT2D eigenvalue weighted by atomic mass is 35.5. The maximum atomic E-state index is 15.2. The van der Waals surface area contributed by atoms with Gasteiger partial charge in [-0.2, -0.15) is 0 Å². The molecule has 12 heteroatoms. The zero-order valence-electron chi connectivity index (χ0n) is 23.8. The Labute approximate surface area is 257 Å². The van der Waals surface area contributed by atoms with Gasteiger partial charge in [-0.15, -0.1) is 0 Å². The number of carbonyl (C=O) groups excluding carboxylic acids is 1. The van der Waals surface area contributed by atoms with E-state index in [1.165, 1.54) is 42.5 Å². The van der Waals surface area contributed by atoms with Gasteiger partial charge in [0.25, 0.3) is 0 Å². The fourth-order valence-corrected chi connectivity index (χ4v) is 6.10. The summed E-state index contributed by atoms with van der Waals surface area (Å²) in [5.74, 6) is -4.36. The Hall–Kier alpha value is -3.64. The Morgan fingerprint density at radius 3 is 2.41 bits per heavy atom. The second kappa shape index (κ2) is 14.0. The molecule has 2 aliphatic rings. The van der Waals surface area contributed by atoms with Crippen LogP contribution in [0.15, 0.2) is 60.7 Å². The van der Waals surface area contributed by atoms with Crippen LogP contribution in [0.5, 0.6) is 0 Å². The Morgan fingerprint density at radius 1 is 1.02 bits per heavy atom. The first-order valence-corrected chi connectivity index (χ1v) is 14.8. The van der Waals surface area contributed by atoms with E-state index in [4.69, 9.17) is 21.1 Å². The van der Waals surface area contributed by atoms with Crippen LogP contribution < -0.4 is 16.0 Å². The first-order chi connectivity index (χ1) is 21.1. The molecule has 3 aromatic carbocycles. The largest absolute Gasteiger partial charge is 0.465 e. The van der Waals surface area contributed by atoms with Gasteiger partial charge in [0.1, 0.15) is 23.5 Å². The summed E-state index contributed by atoms with van der Waals surface area (Å²) < 4.78 is 55.8. The molecule has 2 saturated heterocycles. The molecular formula is C32H33ClF3N3O5. The van der Waals surface area contributed by atoms with E-state index in [0.29, 0.717) is 42.8 Å². The minimum absolute atomic E-state index is 0.0159. The number of amides is 2. The van der Waals surface area contributed by atoms with Crippen molar-refractivity contribution in [1.29, 1.82) is 0 Å². The predicted molar refractivity (Wildman–Crippen MR) is 158 cm³/mol. The summed E-state index contributed by atoms with van der Waals surface area (Å²) in [5.41, 5.74) is 0.442. The van der Waals surface area contributed by atoms with Gasteiger partial charge >= 0.3 is 6.09 Å². The standard InChI is InChI=1S/C32H33ClF3N3O5/c33-21-6-4-19(5-7-21)28(20-14-22(34)16-23(35)15-20)29(39-31(41)42)30(40)38-27-3-1-2-26(36)25(27)9-8-24-17-37-18-32(44-24)10-12-43-13-11-32/h1-7,14-16,24,28-29,37,39H,8-13,17-18H2,(H,38,40)(H,41,42)/t24-,28+,29+/m1/s1. The summed E-state index contributed by atoms with van der Waals surface area (Å²) in [6, 6.07) is 11.5. The highest BCUT2D eigenvalue weighted by Crippen LogP contribution is 2.33. The fraction of sp³-hybridized carbons (Fsp3) is 0.375. The molecule has 4 N–H and O–H groups in total. The molecule has 2 heterocycles. The zero-order valence-corrected chi connectivity index (χ0v) is 24.5. The molecule has 3 aromatic rings. The number of benzene rings is 3. The summed E-state index contributed by atoms with van der Waals surface area (Å²) in [6.45, 7) is 2.54. The smallest absolute Gasteiger partial charge is 0.405 e. The molecule has 0 radical (unpaired) electrons. The number of hydrogen-bond donors (Lipinski definition) is 4. The quantitative estimate of drug-likeness (QED) is 0.244. The second-order valence-corrected chi connectivity index (χ2v) is 11.6. The molecule has 2 amide bonds. The third kappa shape index (κ3) is 7.71. The Balaban J connectivity index is 1.41. The van der Waals surface area contributed by atoms with E-state index < -0.39 is 41.4 Å². The van der Waals surface area contributed by atoms with Crippen molar-refractivity contribution in [3.05, 3.63) is 99.8 Å². The van der Waals surface area contributed by atoms with E-state index >= 15 is 4.39 Å². The van der Waals surface area contributed by atoms with Crippen molar-refractivity contribution in [1.82, 2.24) is 10.6 Å². The number of halogens is 4. The minimum Gasteiger partial charge on any atom is -0.465 e. The van der Waals surface area contributed by atoms with Crippen LogP contribution >= 0.6 is 11.6 Å². The monoisotopic (exact) mass is 631 g/mol. The van der Waals surface area contributed by atoms with Crippen LogP contribution in [0.3, 0.4) is 0 Å². The molecule has 5 rings (SSSR count). The van der Waals surface area contributed by atoms with Crippen molar-refractivity contribution in [2.24, 2.45) is 0 Å². The van der Waals surface area contributed by atoms with E-state index in [0.717, 1.165) is 31.5 Å². The van der Waals surface area contributed by atoms with Crippen molar-refractivity contribution in [3.8, 4) is 0 Å². The van der Waals surface area contributed by atoms with Gasteiger partial charge in [0.15, 0.2) is 0 Å². The third-order valence-electron chi connectivity index (χ3n) is 8.10. The van der Waals surface area contributed by atoms with Gasteiger partial charge in [-0.05, 0) is 60.4 Å². The Morgan fingerprint density at radius 2 is 1.73 bits per heavy atom. The maximum Gasteiger partial charge on any atom is 0.405 e. The van der Waals surface area contributed by atoms with Gasteiger partial charge in [0.05, 0.1) is 11.7 Å². The number of hydrogen-bond acceptors (Lipinski definition) is 5. The molecule has 2 aliphatic heterocycles. The lowest BCUT2D eigenvalue weighted by Crippen LogP contribution is -2.56. The summed E-state index contributed by atoms with van der Waals surface area (Å²) >= 11 is 6.04. The van der Waals surface area contributed by atoms with E-state index in [9.17, 15) is 23.5 Å². The molecule has 8 nitrogen and oxygen atoms in total. The number of nitrogens with one attached hydrogen (secondary N) is 3. The maximum absolute atomic E-state index is 15.2. The highest BCUT2D eigenvalue weighted by Gasteiger charge is 2.39. The molecule has 234 valence electrons. The number of rotatable bonds is 9. The molecule has 44 heavy (non-hydrogen) atoms. The Kier molecular flexibility index (Phi) is 10.1. The molecule has 0 saturated carbocycles. The van der Waals surface area contributed by atoms with Crippen molar-refractivity contribution in [2.75, 3.05) is 31.6 Å². The SMILES string of the molecule is O=C(O)N[C@H](C(=O)Nc1cccc(F)c1CC[C@@H]1CNCC2(CCOCC2)O1)[C@@H](c1ccc(Cl)cc1)c1cc(F)cc(F)c1. The van der Waals surface area contributed by atoms with Crippen molar-refractivity contribution >= 4 is 29.3 Å². The van der Waals surface area contributed by atoms with Crippen molar-refractivity contribution < 1.29 is 37.3 Å². The van der Waals surface area contributed by atoms with Crippen LogP contribution in [-0.2, 0) is 20.7 Å². The van der Waals surface area contributed by atoms with E-state index in [1.54, 1.807) is 0 Å². The minimum atomic E-state index is -1.56. The van der Waals surface area contributed by atoms with Crippen LogP contribution in [0.2, 0.25) is 5.02 Å². The molecule has 0 bridgehead atoms. The molecule has 1 spiro atoms. The van der Waals surface area contributed by atoms with Crippen LogP contribution in [-0.4, -0.2) is 61.2 Å². The van der Waals surface area contributed by atoms with Gasteiger partial charge < -0.3 is 30.5 Å². The first kappa shape index (κ1) is 31.8. The zero-order chi connectivity index (χ0) is 31.3. The first-order valence-electron chi connectivity index (χ1n) is 14.4. The van der Waals surface area contributed by atoms with Crippen LogP contribution in [0.1, 0.15) is 41.9 Å². The molecule has 0 aromatic heterocycles. The molecule has 3 atom stereocenters. The van der Waals surface area contributed by atoms with E-state index in [-0.39, 0.29) is 34.9 Å². The number of carboxylic acid groups (broad SMARTS) is 1. The second-order valence-electron chi connectivity index (χ2n) is 11.1. The highest BCUT2D eigenvalue weighted by molar-refractivity contribution is 6.30. The van der Waals surface area contributed by atoms with E-state index in [1.807, 2.05) is 0 Å². The molecule has 2 fully saturated rings. The van der Waals surface area contributed by atoms with Crippen LogP contribution in [0.25, 0.3) is 0 Å². The van der Waals surface area contributed by atoms with Gasteiger partial charge in [-0.25, -0.2) is 18.0 Å².